The Bertz CT molecular complexity index is 1190. The van der Waals surface area contributed by atoms with Crippen LogP contribution in [0.3, 0.4) is 0 Å². The third kappa shape index (κ3) is 3.16. The van der Waals surface area contributed by atoms with Crippen LogP contribution in [-0.4, -0.2) is 61.6 Å². The Morgan fingerprint density at radius 3 is 2.84 bits per heavy atom. The molecule has 0 aliphatic carbocycles. The van der Waals surface area contributed by atoms with Crippen molar-refractivity contribution in [2.24, 2.45) is 0 Å². The van der Waals surface area contributed by atoms with Crippen LogP contribution in [0.2, 0.25) is 0 Å². The molecule has 0 spiro atoms. The van der Waals surface area contributed by atoms with E-state index < -0.39 is 37.5 Å². The number of nitrogens with one attached hydrogen (secondary N) is 2. The summed E-state index contributed by atoms with van der Waals surface area (Å²) in [6.45, 7) is -3.43. The molecule has 4 aliphatic rings. The SMILES string of the molecule is O=C1c2nc(Br)n(C3OC4COP(O)(=S)OC4C3O)c2NC2NC(c3ccccc3)=CN12. The van der Waals surface area contributed by atoms with E-state index in [9.17, 15) is 14.8 Å². The van der Waals surface area contributed by atoms with Gasteiger partial charge in [0, 0.05) is 6.20 Å². The Morgan fingerprint density at radius 1 is 1.28 bits per heavy atom. The first-order valence-corrected chi connectivity index (χ1v) is 13.1. The van der Waals surface area contributed by atoms with Crippen LogP contribution in [0.5, 0.6) is 0 Å². The smallest absolute Gasteiger partial charge is 0.325 e. The summed E-state index contributed by atoms with van der Waals surface area (Å²) in [6.07, 6.45) is -2.41. The molecule has 6 atom stereocenters. The molecule has 168 valence electrons. The summed E-state index contributed by atoms with van der Waals surface area (Å²) in [7, 11) is 0. The van der Waals surface area contributed by atoms with Gasteiger partial charge >= 0.3 is 6.72 Å². The average molecular weight is 542 g/mol. The topological polar surface area (TPSA) is 130 Å². The molecule has 11 nitrogen and oxygen atoms in total. The highest BCUT2D eigenvalue weighted by Crippen LogP contribution is 2.53. The molecule has 2 fully saturated rings. The minimum absolute atomic E-state index is 0.00478. The molecule has 0 saturated carbocycles. The van der Waals surface area contributed by atoms with Crippen molar-refractivity contribution in [2.75, 3.05) is 11.9 Å². The van der Waals surface area contributed by atoms with Gasteiger partial charge in [0.05, 0.1) is 12.3 Å². The first-order chi connectivity index (χ1) is 15.3. The van der Waals surface area contributed by atoms with Gasteiger partial charge in [-0.3, -0.25) is 18.8 Å². The fraction of sp³-hybridized carbons (Fsp3) is 0.333. The van der Waals surface area contributed by atoms with Gasteiger partial charge in [-0.15, -0.1) is 0 Å². The number of aliphatic hydroxyl groups excluding tert-OH is 1. The average Bonchev–Trinajstić information content (AvgIpc) is 3.43. The molecule has 1 aromatic carbocycles. The summed E-state index contributed by atoms with van der Waals surface area (Å²) >= 11 is 8.27. The number of fused-ring (bicyclic) bond motifs is 3. The van der Waals surface area contributed by atoms with Crippen molar-refractivity contribution in [3.05, 3.63) is 52.5 Å². The number of anilines is 1. The highest BCUT2D eigenvalue weighted by Gasteiger charge is 2.53. The van der Waals surface area contributed by atoms with Crippen LogP contribution < -0.4 is 10.6 Å². The molecule has 2 aromatic rings. The van der Waals surface area contributed by atoms with Crippen LogP contribution in [0.25, 0.3) is 5.70 Å². The molecular weight excluding hydrogens is 525 g/mol. The summed E-state index contributed by atoms with van der Waals surface area (Å²) in [5, 5.41) is 17.4. The number of amides is 1. The highest BCUT2D eigenvalue weighted by atomic mass is 79.9. The molecule has 6 unspecified atom stereocenters. The van der Waals surface area contributed by atoms with Crippen molar-refractivity contribution < 1.29 is 28.6 Å². The Morgan fingerprint density at radius 2 is 2.06 bits per heavy atom. The lowest BCUT2D eigenvalue weighted by atomic mass is 10.1. The Balaban J connectivity index is 1.32. The molecule has 6 rings (SSSR count). The molecule has 1 amide bonds. The van der Waals surface area contributed by atoms with Gasteiger partial charge in [0.25, 0.3) is 5.91 Å². The first-order valence-electron chi connectivity index (χ1n) is 9.72. The van der Waals surface area contributed by atoms with Crippen molar-refractivity contribution in [3.8, 4) is 0 Å². The number of aliphatic hydroxyl groups is 1. The maximum atomic E-state index is 13.2. The fourth-order valence-electron chi connectivity index (χ4n) is 4.25. The number of benzene rings is 1. The van der Waals surface area contributed by atoms with E-state index in [2.05, 4.69) is 31.5 Å². The Hall–Kier alpha value is -1.83. The lowest BCUT2D eigenvalue weighted by Gasteiger charge is -2.31. The maximum Gasteiger partial charge on any atom is 0.325 e. The largest absolute Gasteiger partial charge is 0.386 e. The molecule has 0 bridgehead atoms. The van der Waals surface area contributed by atoms with E-state index in [0.717, 1.165) is 11.3 Å². The number of aromatic nitrogens is 2. The standard InChI is InChI=1S/C18H17BrN5O6PS/c19-17-21-11-14(24(17)16-12(25)13-10(29-16)7-28-31(27,32)30-13)22-18-20-9(6-23(18)15(11)26)8-4-2-1-3-5-8/h1-6,10,12-13,16,18,20,22,25H,7H2,(H,27,32). The molecule has 4 aliphatic heterocycles. The van der Waals surface area contributed by atoms with Crippen molar-refractivity contribution in [1.29, 1.82) is 0 Å². The number of imidazole rings is 1. The van der Waals surface area contributed by atoms with Crippen molar-refractivity contribution in [3.63, 3.8) is 0 Å². The van der Waals surface area contributed by atoms with Crippen LogP contribution in [-0.2, 0) is 25.6 Å². The van der Waals surface area contributed by atoms with E-state index in [0.29, 0.717) is 10.6 Å². The highest BCUT2D eigenvalue weighted by molar-refractivity contribution is 9.10. The van der Waals surface area contributed by atoms with Gasteiger partial charge in [-0.1, -0.05) is 30.3 Å². The number of carbonyl (C=O) groups is 1. The van der Waals surface area contributed by atoms with Crippen LogP contribution in [0.1, 0.15) is 22.3 Å². The van der Waals surface area contributed by atoms with Gasteiger partial charge in [-0.05, 0) is 33.3 Å². The number of nitrogens with zero attached hydrogens (tertiary/aromatic N) is 3. The Kier molecular flexibility index (Phi) is 4.76. The van der Waals surface area contributed by atoms with E-state index in [1.807, 2.05) is 30.3 Å². The summed E-state index contributed by atoms with van der Waals surface area (Å²) in [5.74, 6) is 0.0716. The summed E-state index contributed by atoms with van der Waals surface area (Å²) < 4.78 is 18.4. The Labute approximate surface area is 195 Å². The normalized spacial score (nSPS) is 35.5. The van der Waals surface area contributed by atoms with E-state index in [1.165, 1.54) is 4.90 Å². The second kappa shape index (κ2) is 7.34. The second-order valence-corrected chi connectivity index (χ2v) is 11.2. The van der Waals surface area contributed by atoms with E-state index in [1.54, 1.807) is 10.8 Å². The van der Waals surface area contributed by atoms with Gasteiger partial charge < -0.3 is 29.9 Å². The first kappa shape index (κ1) is 20.8. The van der Waals surface area contributed by atoms with E-state index >= 15 is 0 Å². The molecule has 0 radical (unpaired) electrons. The van der Waals surface area contributed by atoms with Crippen molar-refractivity contribution >= 4 is 51.9 Å². The molecular formula is C18H17BrN5O6PS. The molecule has 2 saturated heterocycles. The number of hydrogen-bond donors (Lipinski definition) is 4. The number of rotatable bonds is 2. The zero-order chi connectivity index (χ0) is 22.2. The third-order valence-corrected chi connectivity index (χ3v) is 7.84. The zero-order valence-corrected chi connectivity index (χ0v) is 19.5. The molecule has 14 heteroatoms. The summed E-state index contributed by atoms with van der Waals surface area (Å²) in [6, 6.07) is 9.65. The lowest BCUT2D eigenvalue weighted by molar-refractivity contribution is -0.0606. The number of hydrogen-bond acceptors (Lipinski definition) is 9. The van der Waals surface area contributed by atoms with Gasteiger partial charge in [0.15, 0.2) is 22.9 Å². The van der Waals surface area contributed by atoms with Crippen molar-refractivity contribution in [1.82, 2.24) is 19.8 Å². The minimum Gasteiger partial charge on any atom is -0.386 e. The van der Waals surface area contributed by atoms with Gasteiger partial charge in [0.1, 0.15) is 24.1 Å². The maximum absolute atomic E-state index is 13.2. The van der Waals surface area contributed by atoms with Crippen LogP contribution in [0, 0.1) is 0 Å². The fourth-order valence-corrected chi connectivity index (χ4v) is 6.25. The van der Waals surface area contributed by atoms with E-state index in [-0.39, 0.29) is 18.2 Å². The quantitative estimate of drug-likeness (QED) is 0.412. The number of halogens is 1. The van der Waals surface area contributed by atoms with Gasteiger partial charge in [-0.2, -0.15) is 0 Å². The van der Waals surface area contributed by atoms with Gasteiger partial charge in [0.2, 0.25) is 0 Å². The monoisotopic (exact) mass is 541 g/mol. The summed E-state index contributed by atoms with van der Waals surface area (Å²) in [4.78, 5) is 29.0. The van der Waals surface area contributed by atoms with Crippen LogP contribution in [0.4, 0.5) is 5.82 Å². The summed E-state index contributed by atoms with van der Waals surface area (Å²) in [5.41, 5.74) is 1.90. The molecule has 1 aromatic heterocycles. The minimum atomic E-state index is -3.43. The zero-order valence-electron chi connectivity index (χ0n) is 16.2. The van der Waals surface area contributed by atoms with Crippen LogP contribution >= 0.6 is 22.6 Å². The van der Waals surface area contributed by atoms with Gasteiger partial charge in [-0.25, -0.2) is 4.98 Å². The second-order valence-electron chi connectivity index (χ2n) is 7.65. The molecule has 5 heterocycles. The van der Waals surface area contributed by atoms with Crippen LogP contribution in [0.15, 0.2) is 41.3 Å². The number of carbonyl (C=O) groups excluding carboxylic acids is 1. The lowest BCUT2D eigenvalue weighted by Crippen LogP contribution is -2.49. The predicted molar refractivity (Wildman–Crippen MR) is 118 cm³/mol. The number of ether oxygens (including phenoxy) is 1. The molecule has 4 N–H and O–H groups in total. The van der Waals surface area contributed by atoms with E-state index in [4.69, 9.17) is 25.6 Å². The molecule has 32 heavy (non-hydrogen) atoms. The van der Waals surface area contributed by atoms with Crippen molar-refractivity contribution in [2.45, 2.75) is 30.8 Å². The third-order valence-electron chi connectivity index (χ3n) is 5.72. The predicted octanol–water partition coefficient (Wildman–Crippen LogP) is 1.29.